The molecule has 0 aromatic carbocycles. The first kappa shape index (κ1) is 11.9. The van der Waals surface area contributed by atoms with E-state index in [4.69, 9.17) is 9.84 Å². The molecule has 0 amide bonds. The molecule has 0 atom stereocenters. The summed E-state index contributed by atoms with van der Waals surface area (Å²) in [5.74, 6) is -1.02. The first-order chi connectivity index (χ1) is 5.89. The smallest absolute Gasteiger partial charge is 0.333 e. The molecule has 0 saturated heterocycles. The van der Waals surface area contributed by atoms with Crippen LogP contribution >= 0.6 is 0 Å². The lowest BCUT2D eigenvalue weighted by atomic mass is 10.1. The molecule has 0 aromatic rings. The third-order valence-electron chi connectivity index (χ3n) is 1.58. The van der Waals surface area contributed by atoms with Gasteiger partial charge in [0.05, 0.1) is 17.8 Å². The Morgan fingerprint density at radius 3 is 2.54 bits per heavy atom. The van der Waals surface area contributed by atoms with Crippen molar-refractivity contribution in [2.24, 2.45) is 0 Å². The van der Waals surface area contributed by atoms with Crippen LogP contribution in [0.3, 0.4) is 0 Å². The minimum absolute atomic E-state index is 0.0518. The van der Waals surface area contributed by atoms with Gasteiger partial charge in [-0.3, -0.25) is 0 Å². The van der Waals surface area contributed by atoms with Gasteiger partial charge in [0.2, 0.25) is 0 Å². The fraction of sp³-hybridized carbons (Fsp3) is 0.500. The predicted octanol–water partition coefficient (Wildman–Crippen LogP) is 2.00. The van der Waals surface area contributed by atoms with Crippen molar-refractivity contribution in [3.05, 3.63) is 24.8 Å². The predicted molar refractivity (Wildman–Crippen MR) is 51.6 cm³/mol. The van der Waals surface area contributed by atoms with Crippen molar-refractivity contribution in [3.63, 3.8) is 0 Å². The summed E-state index contributed by atoms with van der Waals surface area (Å²) in [6, 6.07) is 0. The Morgan fingerprint density at radius 1 is 1.62 bits per heavy atom. The second-order valence-corrected chi connectivity index (χ2v) is 3.45. The molecule has 0 spiro atoms. The van der Waals surface area contributed by atoms with Crippen LogP contribution in [-0.4, -0.2) is 23.3 Å². The third kappa shape index (κ3) is 5.20. The Morgan fingerprint density at radius 2 is 2.15 bits per heavy atom. The molecule has 0 rings (SSSR count). The zero-order valence-electron chi connectivity index (χ0n) is 8.17. The lowest BCUT2D eigenvalue weighted by molar-refractivity contribution is -0.133. The molecule has 0 aliphatic rings. The van der Waals surface area contributed by atoms with Gasteiger partial charge in [-0.25, -0.2) is 4.79 Å². The molecule has 3 heteroatoms. The van der Waals surface area contributed by atoms with Gasteiger partial charge in [-0.15, -0.1) is 6.58 Å². The molecule has 0 saturated carbocycles. The number of hydrogen-bond donors (Lipinski definition) is 1. The van der Waals surface area contributed by atoms with E-state index in [1.165, 1.54) is 0 Å². The minimum atomic E-state index is -1.02. The number of rotatable bonds is 6. The van der Waals surface area contributed by atoms with Gasteiger partial charge in [0, 0.05) is 0 Å². The SMILES string of the molecule is C=CCC(C)(C)OCC(=C)C(=O)O. The zero-order chi connectivity index (χ0) is 10.5. The fourth-order valence-electron chi connectivity index (χ4n) is 0.751. The average molecular weight is 184 g/mol. The summed E-state index contributed by atoms with van der Waals surface area (Å²) in [4.78, 5) is 10.4. The van der Waals surface area contributed by atoms with Gasteiger partial charge in [-0.05, 0) is 20.3 Å². The summed E-state index contributed by atoms with van der Waals surface area (Å²) in [6.07, 6.45) is 2.42. The van der Waals surface area contributed by atoms with Gasteiger partial charge in [-0.1, -0.05) is 12.7 Å². The first-order valence-corrected chi connectivity index (χ1v) is 4.05. The molecule has 13 heavy (non-hydrogen) atoms. The highest BCUT2D eigenvalue weighted by Crippen LogP contribution is 2.15. The summed E-state index contributed by atoms with van der Waals surface area (Å²) in [5.41, 5.74) is -0.308. The van der Waals surface area contributed by atoms with Gasteiger partial charge in [0.1, 0.15) is 0 Å². The number of carbonyl (C=O) groups is 1. The van der Waals surface area contributed by atoms with Gasteiger partial charge >= 0.3 is 5.97 Å². The number of aliphatic carboxylic acids is 1. The van der Waals surface area contributed by atoms with Crippen molar-refractivity contribution >= 4 is 5.97 Å². The van der Waals surface area contributed by atoms with Gasteiger partial charge in [0.15, 0.2) is 0 Å². The molecule has 0 bridgehead atoms. The molecule has 74 valence electrons. The van der Waals surface area contributed by atoms with Crippen molar-refractivity contribution < 1.29 is 14.6 Å². The van der Waals surface area contributed by atoms with E-state index >= 15 is 0 Å². The van der Waals surface area contributed by atoms with Gasteiger partial charge in [-0.2, -0.15) is 0 Å². The number of carboxylic acids is 1. The molecular weight excluding hydrogens is 168 g/mol. The molecular formula is C10H16O3. The highest BCUT2D eigenvalue weighted by atomic mass is 16.5. The summed E-state index contributed by atoms with van der Waals surface area (Å²) in [7, 11) is 0. The molecule has 0 heterocycles. The number of ether oxygens (including phenoxy) is 1. The maximum absolute atomic E-state index is 10.4. The van der Waals surface area contributed by atoms with Crippen LogP contribution in [0.1, 0.15) is 20.3 Å². The Balaban J connectivity index is 3.93. The summed E-state index contributed by atoms with van der Waals surface area (Å²) in [5, 5.41) is 8.51. The summed E-state index contributed by atoms with van der Waals surface area (Å²) in [6.45, 7) is 10.8. The van der Waals surface area contributed by atoms with Crippen molar-refractivity contribution in [1.29, 1.82) is 0 Å². The average Bonchev–Trinajstić information content (AvgIpc) is 2.00. The second kappa shape index (κ2) is 4.82. The third-order valence-corrected chi connectivity index (χ3v) is 1.58. The van der Waals surface area contributed by atoms with E-state index in [9.17, 15) is 4.79 Å². The molecule has 0 aliphatic carbocycles. The van der Waals surface area contributed by atoms with Crippen molar-refractivity contribution in [2.45, 2.75) is 25.9 Å². The van der Waals surface area contributed by atoms with Crippen LogP contribution in [-0.2, 0) is 9.53 Å². The van der Waals surface area contributed by atoms with Crippen LogP contribution < -0.4 is 0 Å². The molecule has 0 unspecified atom stereocenters. The normalized spacial score (nSPS) is 10.9. The quantitative estimate of drug-likeness (QED) is 0.507. The van der Waals surface area contributed by atoms with Crippen LogP contribution in [0.5, 0.6) is 0 Å². The van der Waals surface area contributed by atoms with Crippen LogP contribution in [0.15, 0.2) is 24.8 Å². The van der Waals surface area contributed by atoms with Crippen molar-refractivity contribution in [3.8, 4) is 0 Å². The van der Waals surface area contributed by atoms with E-state index in [-0.39, 0.29) is 17.8 Å². The van der Waals surface area contributed by atoms with Crippen LogP contribution in [0.2, 0.25) is 0 Å². The maximum atomic E-state index is 10.4. The molecule has 0 aliphatic heterocycles. The van der Waals surface area contributed by atoms with Crippen molar-refractivity contribution in [1.82, 2.24) is 0 Å². The zero-order valence-corrected chi connectivity index (χ0v) is 8.17. The Labute approximate surface area is 78.7 Å². The van der Waals surface area contributed by atoms with E-state index in [1.807, 2.05) is 13.8 Å². The Hall–Kier alpha value is -1.09. The molecule has 0 radical (unpaired) electrons. The van der Waals surface area contributed by atoms with E-state index in [2.05, 4.69) is 13.2 Å². The Kier molecular flexibility index (Phi) is 4.42. The van der Waals surface area contributed by atoms with Crippen LogP contribution in [0.25, 0.3) is 0 Å². The van der Waals surface area contributed by atoms with Gasteiger partial charge < -0.3 is 9.84 Å². The van der Waals surface area contributed by atoms with E-state index < -0.39 is 5.97 Å². The number of carboxylic acid groups (broad SMARTS) is 1. The first-order valence-electron chi connectivity index (χ1n) is 4.05. The van der Waals surface area contributed by atoms with Crippen LogP contribution in [0.4, 0.5) is 0 Å². The highest BCUT2D eigenvalue weighted by Gasteiger charge is 2.17. The highest BCUT2D eigenvalue weighted by molar-refractivity contribution is 5.85. The lowest BCUT2D eigenvalue weighted by Gasteiger charge is -2.23. The van der Waals surface area contributed by atoms with Crippen LogP contribution in [0, 0.1) is 0 Å². The Bertz CT molecular complexity index is 216. The standard InChI is InChI=1S/C10H16O3/c1-5-6-10(3,4)13-7-8(2)9(11)12/h5H,1-2,6-7H2,3-4H3,(H,11,12). The van der Waals surface area contributed by atoms with E-state index in [0.29, 0.717) is 6.42 Å². The summed E-state index contributed by atoms with van der Waals surface area (Å²) >= 11 is 0. The molecule has 3 nitrogen and oxygen atoms in total. The van der Waals surface area contributed by atoms with Crippen molar-refractivity contribution in [2.75, 3.05) is 6.61 Å². The summed E-state index contributed by atoms with van der Waals surface area (Å²) < 4.78 is 5.34. The molecule has 0 fully saturated rings. The van der Waals surface area contributed by atoms with E-state index in [1.54, 1.807) is 6.08 Å². The lowest BCUT2D eigenvalue weighted by Crippen LogP contribution is -2.25. The second-order valence-electron chi connectivity index (χ2n) is 3.45. The largest absolute Gasteiger partial charge is 0.478 e. The van der Waals surface area contributed by atoms with E-state index in [0.717, 1.165) is 0 Å². The number of hydrogen-bond acceptors (Lipinski definition) is 2. The topological polar surface area (TPSA) is 46.5 Å². The monoisotopic (exact) mass is 184 g/mol. The maximum Gasteiger partial charge on any atom is 0.333 e. The fourth-order valence-corrected chi connectivity index (χ4v) is 0.751. The molecule has 0 aromatic heterocycles. The van der Waals surface area contributed by atoms with Gasteiger partial charge in [0.25, 0.3) is 0 Å². The molecule has 1 N–H and O–H groups in total. The minimum Gasteiger partial charge on any atom is -0.478 e.